The number of hydrogen-bond acceptors (Lipinski definition) is 4. The standard InChI is InChI=1S/C18H22N2O4/c21-16(19-9-6-18(7-10-19)23-11-12-24-18)17(22)20-8-5-14-3-1-2-4-15(14)13-20/h1-4H,5-13H2. The van der Waals surface area contributed by atoms with Crippen LogP contribution in [0.15, 0.2) is 24.3 Å². The molecular weight excluding hydrogens is 308 g/mol. The lowest BCUT2D eigenvalue weighted by atomic mass is 9.99. The molecule has 2 saturated heterocycles. The summed E-state index contributed by atoms with van der Waals surface area (Å²) in [4.78, 5) is 28.5. The molecule has 0 bridgehead atoms. The largest absolute Gasteiger partial charge is 0.347 e. The van der Waals surface area contributed by atoms with Crippen LogP contribution in [0.25, 0.3) is 0 Å². The number of rotatable bonds is 0. The van der Waals surface area contributed by atoms with E-state index in [2.05, 4.69) is 6.07 Å². The van der Waals surface area contributed by atoms with Crippen molar-refractivity contribution < 1.29 is 19.1 Å². The highest BCUT2D eigenvalue weighted by Crippen LogP contribution is 2.31. The van der Waals surface area contributed by atoms with Crippen LogP contribution in [0.3, 0.4) is 0 Å². The second kappa shape index (κ2) is 6.18. The summed E-state index contributed by atoms with van der Waals surface area (Å²) < 4.78 is 11.3. The molecule has 3 aliphatic rings. The molecule has 6 heteroatoms. The average Bonchev–Trinajstić information content (AvgIpc) is 3.09. The van der Waals surface area contributed by atoms with Crippen LogP contribution in [0, 0.1) is 0 Å². The molecule has 3 heterocycles. The SMILES string of the molecule is O=C(C(=O)N1CCc2ccccc2C1)N1CCC2(CC1)OCCO2. The molecule has 24 heavy (non-hydrogen) atoms. The number of nitrogens with zero attached hydrogens (tertiary/aromatic N) is 2. The lowest BCUT2D eigenvalue weighted by Gasteiger charge is -2.38. The van der Waals surface area contributed by atoms with Crippen LogP contribution in [-0.2, 0) is 32.0 Å². The molecule has 6 nitrogen and oxygen atoms in total. The van der Waals surface area contributed by atoms with Gasteiger partial charge >= 0.3 is 11.8 Å². The zero-order chi connectivity index (χ0) is 16.6. The van der Waals surface area contributed by atoms with Gasteiger partial charge in [0.1, 0.15) is 0 Å². The smallest absolute Gasteiger partial charge is 0.312 e. The second-order valence-electron chi connectivity index (χ2n) is 6.65. The second-order valence-corrected chi connectivity index (χ2v) is 6.65. The fourth-order valence-corrected chi connectivity index (χ4v) is 3.78. The van der Waals surface area contributed by atoms with E-state index in [1.54, 1.807) is 9.80 Å². The van der Waals surface area contributed by atoms with Gasteiger partial charge in [-0.3, -0.25) is 9.59 Å². The molecule has 0 saturated carbocycles. The predicted octanol–water partition coefficient (Wildman–Crippen LogP) is 0.937. The van der Waals surface area contributed by atoms with E-state index in [-0.39, 0.29) is 0 Å². The molecule has 128 valence electrons. The van der Waals surface area contributed by atoms with Crippen LogP contribution in [0.2, 0.25) is 0 Å². The van der Waals surface area contributed by atoms with Crippen molar-refractivity contribution in [2.24, 2.45) is 0 Å². The Kier molecular flexibility index (Phi) is 4.02. The molecule has 0 aromatic heterocycles. The average molecular weight is 330 g/mol. The van der Waals surface area contributed by atoms with Crippen molar-refractivity contribution in [2.75, 3.05) is 32.8 Å². The maximum atomic E-state index is 12.6. The molecule has 3 aliphatic heterocycles. The molecule has 1 aromatic carbocycles. The lowest BCUT2D eigenvalue weighted by Crippen LogP contribution is -2.52. The van der Waals surface area contributed by atoms with E-state index in [0.717, 1.165) is 12.0 Å². The van der Waals surface area contributed by atoms with Gasteiger partial charge < -0.3 is 19.3 Å². The number of fused-ring (bicyclic) bond motifs is 1. The van der Waals surface area contributed by atoms with Crippen LogP contribution in [0.5, 0.6) is 0 Å². The summed E-state index contributed by atoms with van der Waals surface area (Å²) in [6, 6.07) is 8.10. The van der Waals surface area contributed by atoms with E-state index in [4.69, 9.17) is 9.47 Å². The van der Waals surface area contributed by atoms with Gasteiger partial charge in [-0.25, -0.2) is 0 Å². The summed E-state index contributed by atoms with van der Waals surface area (Å²) in [6.07, 6.45) is 2.07. The number of ether oxygens (including phenoxy) is 2. The van der Waals surface area contributed by atoms with Crippen LogP contribution >= 0.6 is 0 Å². The Labute approximate surface area is 141 Å². The number of likely N-dealkylation sites (tertiary alicyclic amines) is 1. The minimum absolute atomic E-state index is 0.395. The minimum atomic E-state index is -0.524. The van der Waals surface area contributed by atoms with Crippen LogP contribution in [0.1, 0.15) is 24.0 Å². The normalized spacial score (nSPS) is 22.5. The number of piperidine rings is 1. The van der Waals surface area contributed by atoms with Crippen molar-refractivity contribution >= 4 is 11.8 Å². The Hall–Kier alpha value is -1.92. The molecule has 4 rings (SSSR count). The molecular formula is C18H22N2O4. The maximum Gasteiger partial charge on any atom is 0.312 e. The summed E-state index contributed by atoms with van der Waals surface area (Å²) in [7, 11) is 0. The van der Waals surface area contributed by atoms with E-state index >= 15 is 0 Å². The Morgan fingerprint density at radius 1 is 0.875 bits per heavy atom. The van der Waals surface area contributed by atoms with Crippen molar-refractivity contribution in [1.82, 2.24) is 9.80 Å². The predicted molar refractivity (Wildman–Crippen MR) is 86.0 cm³/mol. The van der Waals surface area contributed by atoms with Gasteiger partial charge in [-0.1, -0.05) is 24.3 Å². The third-order valence-electron chi connectivity index (χ3n) is 5.23. The molecule has 1 aromatic rings. The molecule has 0 unspecified atom stereocenters. The van der Waals surface area contributed by atoms with Gasteiger partial charge in [0, 0.05) is 39.0 Å². The summed E-state index contributed by atoms with van der Waals surface area (Å²) >= 11 is 0. The van der Waals surface area contributed by atoms with Gasteiger partial charge in [-0.2, -0.15) is 0 Å². The lowest BCUT2D eigenvalue weighted by molar-refractivity contribution is -0.188. The van der Waals surface area contributed by atoms with E-state index in [1.165, 1.54) is 5.56 Å². The number of benzene rings is 1. The third-order valence-corrected chi connectivity index (χ3v) is 5.23. The summed E-state index contributed by atoms with van der Waals surface area (Å²) in [5, 5.41) is 0. The first kappa shape index (κ1) is 15.6. The first-order valence-electron chi connectivity index (χ1n) is 8.60. The maximum absolute atomic E-state index is 12.6. The van der Waals surface area contributed by atoms with Crippen LogP contribution in [0.4, 0.5) is 0 Å². The van der Waals surface area contributed by atoms with Crippen molar-refractivity contribution in [3.63, 3.8) is 0 Å². The van der Waals surface area contributed by atoms with Gasteiger partial charge in [-0.15, -0.1) is 0 Å². The number of carbonyl (C=O) groups excluding carboxylic acids is 2. The quantitative estimate of drug-likeness (QED) is 0.664. The Morgan fingerprint density at radius 3 is 2.21 bits per heavy atom. The molecule has 0 atom stereocenters. The molecule has 0 radical (unpaired) electrons. The number of carbonyl (C=O) groups is 2. The van der Waals surface area contributed by atoms with Crippen LogP contribution in [-0.4, -0.2) is 60.2 Å². The van der Waals surface area contributed by atoms with Crippen LogP contribution < -0.4 is 0 Å². The number of amides is 2. The van der Waals surface area contributed by atoms with Crippen molar-refractivity contribution in [2.45, 2.75) is 31.6 Å². The zero-order valence-electron chi connectivity index (χ0n) is 13.7. The molecule has 0 aliphatic carbocycles. The number of hydrogen-bond donors (Lipinski definition) is 0. The fraction of sp³-hybridized carbons (Fsp3) is 0.556. The Morgan fingerprint density at radius 2 is 1.50 bits per heavy atom. The van der Waals surface area contributed by atoms with Gasteiger partial charge in [0.25, 0.3) is 0 Å². The van der Waals surface area contributed by atoms with E-state index in [9.17, 15) is 9.59 Å². The first-order valence-corrected chi connectivity index (χ1v) is 8.60. The van der Waals surface area contributed by atoms with E-state index in [0.29, 0.717) is 52.2 Å². The van der Waals surface area contributed by atoms with E-state index in [1.807, 2.05) is 18.2 Å². The van der Waals surface area contributed by atoms with Gasteiger partial charge in [0.05, 0.1) is 13.2 Å². The Balaban J connectivity index is 1.38. The minimum Gasteiger partial charge on any atom is -0.347 e. The molecule has 2 fully saturated rings. The fourth-order valence-electron chi connectivity index (χ4n) is 3.78. The van der Waals surface area contributed by atoms with Gasteiger partial charge in [0.15, 0.2) is 5.79 Å². The monoisotopic (exact) mass is 330 g/mol. The molecule has 2 amide bonds. The highest BCUT2D eigenvalue weighted by molar-refractivity contribution is 6.34. The Bertz CT molecular complexity index is 644. The molecule has 1 spiro atoms. The molecule has 0 N–H and O–H groups in total. The highest BCUT2D eigenvalue weighted by Gasteiger charge is 2.42. The van der Waals surface area contributed by atoms with Gasteiger partial charge in [-0.05, 0) is 17.5 Å². The third kappa shape index (κ3) is 2.80. The van der Waals surface area contributed by atoms with Crippen molar-refractivity contribution in [1.29, 1.82) is 0 Å². The van der Waals surface area contributed by atoms with Gasteiger partial charge in [0.2, 0.25) is 0 Å². The summed E-state index contributed by atoms with van der Waals surface area (Å²) in [6.45, 7) is 3.36. The summed E-state index contributed by atoms with van der Waals surface area (Å²) in [5.74, 6) is -1.32. The van der Waals surface area contributed by atoms with Crippen molar-refractivity contribution in [3.8, 4) is 0 Å². The highest BCUT2D eigenvalue weighted by atomic mass is 16.7. The summed E-state index contributed by atoms with van der Waals surface area (Å²) in [5.41, 5.74) is 2.40. The topological polar surface area (TPSA) is 59.1 Å². The van der Waals surface area contributed by atoms with E-state index < -0.39 is 17.6 Å². The van der Waals surface area contributed by atoms with Crippen molar-refractivity contribution in [3.05, 3.63) is 35.4 Å². The first-order chi connectivity index (χ1) is 11.7. The zero-order valence-corrected chi connectivity index (χ0v) is 13.7.